The largest absolute Gasteiger partial charge is 0.481 e. The van der Waals surface area contributed by atoms with Crippen LogP contribution in [-0.4, -0.2) is 29.7 Å². The molecule has 0 atom stereocenters. The van der Waals surface area contributed by atoms with E-state index >= 15 is 0 Å². The van der Waals surface area contributed by atoms with Gasteiger partial charge in [0.25, 0.3) is 0 Å². The summed E-state index contributed by atoms with van der Waals surface area (Å²) in [4.78, 5) is 10.8. The van der Waals surface area contributed by atoms with Crippen LogP contribution in [0.3, 0.4) is 0 Å². The predicted molar refractivity (Wildman–Crippen MR) is 62.9 cm³/mol. The molecule has 0 aromatic heterocycles. The number of anilines is 1. The monoisotopic (exact) mass is 274 g/mol. The molecule has 2 rings (SSSR count). The number of alkyl halides is 3. The number of benzene rings is 1. The van der Waals surface area contributed by atoms with Gasteiger partial charge in [0.05, 0.1) is 17.5 Å². The SMILES string of the molecule is O=C(O)CC1(Nc2cccc(C(F)(F)F)c2)CNC1. The molecule has 0 radical (unpaired) electrons. The molecule has 0 aliphatic carbocycles. The normalized spacial score (nSPS) is 17.6. The Balaban J connectivity index is 2.16. The summed E-state index contributed by atoms with van der Waals surface area (Å²) in [5.41, 5.74) is -1.19. The zero-order valence-electron chi connectivity index (χ0n) is 9.92. The maximum Gasteiger partial charge on any atom is 0.416 e. The number of carbonyl (C=O) groups is 1. The molecule has 0 amide bonds. The van der Waals surface area contributed by atoms with E-state index in [-0.39, 0.29) is 12.1 Å². The molecule has 1 heterocycles. The Kier molecular flexibility index (Phi) is 3.40. The van der Waals surface area contributed by atoms with Crippen LogP contribution in [0.5, 0.6) is 0 Å². The number of hydrogen-bond acceptors (Lipinski definition) is 3. The maximum absolute atomic E-state index is 12.6. The van der Waals surface area contributed by atoms with Crippen LogP contribution in [0.25, 0.3) is 0 Å². The second kappa shape index (κ2) is 4.73. The smallest absolute Gasteiger partial charge is 0.416 e. The van der Waals surface area contributed by atoms with Crippen molar-refractivity contribution in [2.45, 2.75) is 18.1 Å². The third kappa shape index (κ3) is 3.17. The van der Waals surface area contributed by atoms with E-state index in [9.17, 15) is 18.0 Å². The van der Waals surface area contributed by atoms with Crippen LogP contribution < -0.4 is 10.6 Å². The van der Waals surface area contributed by atoms with E-state index in [1.54, 1.807) is 0 Å². The van der Waals surface area contributed by atoms with Gasteiger partial charge < -0.3 is 15.7 Å². The number of aliphatic carboxylic acids is 1. The predicted octanol–water partition coefficient (Wildman–Crippen LogP) is 1.93. The molecule has 1 fully saturated rings. The first-order chi connectivity index (χ1) is 8.81. The van der Waals surface area contributed by atoms with E-state index in [0.29, 0.717) is 13.1 Å². The number of rotatable bonds is 4. The molecule has 3 N–H and O–H groups in total. The third-order valence-electron chi connectivity index (χ3n) is 3.02. The van der Waals surface area contributed by atoms with Crippen molar-refractivity contribution < 1.29 is 23.1 Å². The van der Waals surface area contributed by atoms with E-state index in [4.69, 9.17) is 5.11 Å². The number of carboxylic acids is 1. The summed E-state index contributed by atoms with van der Waals surface area (Å²) >= 11 is 0. The number of hydrogen-bond donors (Lipinski definition) is 3. The van der Waals surface area contributed by atoms with Crippen LogP contribution >= 0.6 is 0 Å². The van der Waals surface area contributed by atoms with Crippen molar-refractivity contribution in [3.63, 3.8) is 0 Å². The standard InChI is InChI=1S/C12H13F3N2O2/c13-12(14,15)8-2-1-3-9(4-8)17-11(5-10(18)19)6-16-7-11/h1-4,16-17H,5-7H2,(H,18,19). The maximum atomic E-state index is 12.6. The lowest BCUT2D eigenvalue weighted by molar-refractivity contribution is -0.139. The Morgan fingerprint density at radius 1 is 1.42 bits per heavy atom. The molecule has 7 heteroatoms. The molecule has 0 saturated carbocycles. The second-order valence-electron chi connectivity index (χ2n) is 4.66. The highest BCUT2D eigenvalue weighted by atomic mass is 19.4. The lowest BCUT2D eigenvalue weighted by Crippen LogP contribution is -2.65. The van der Waals surface area contributed by atoms with E-state index in [0.717, 1.165) is 12.1 Å². The van der Waals surface area contributed by atoms with Crippen molar-refractivity contribution in [1.29, 1.82) is 0 Å². The molecule has 1 aliphatic rings. The Bertz CT molecular complexity index is 484. The van der Waals surface area contributed by atoms with Crippen LogP contribution in [0, 0.1) is 0 Å². The zero-order chi connectivity index (χ0) is 14.1. The van der Waals surface area contributed by atoms with Crippen LogP contribution in [0.15, 0.2) is 24.3 Å². The van der Waals surface area contributed by atoms with Gasteiger partial charge in [-0.05, 0) is 18.2 Å². The quantitative estimate of drug-likeness (QED) is 0.785. The summed E-state index contributed by atoms with van der Waals surface area (Å²) < 4.78 is 37.7. The minimum atomic E-state index is -4.41. The Morgan fingerprint density at radius 2 is 2.11 bits per heavy atom. The van der Waals surface area contributed by atoms with Gasteiger partial charge >= 0.3 is 12.1 Å². The summed E-state index contributed by atoms with van der Waals surface area (Å²) in [7, 11) is 0. The first kappa shape index (κ1) is 13.7. The summed E-state index contributed by atoms with van der Waals surface area (Å²) in [6.45, 7) is 0.824. The Labute approximate surface area is 107 Å². The van der Waals surface area contributed by atoms with Crippen LogP contribution in [0.4, 0.5) is 18.9 Å². The highest BCUT2D eigenvalue weighted by Crippen LogP contribution is 2.32. The molecule has 1 aromatic carbocycles. The zero-order valence-corrected chi connectivity index (χ0v) is 9.92. The van der Waals surface area contributed by atoms with Crippen molar-refractivity contribution in [2.75, 3.05) is 18.4 Å². The highest BCUT2D eigenvalue weighted by Gasteiger charge is 2.39. The van der Waals surface area contributed by atoms with Crippen molar-refractivity contribution in [2.24, 2.45) is 0 Å². The summed E-state index contributed by atoms with van der Waals surface area (Å²) in [5.74, 6) is -0.985. The molecule has 1 aromatic rings. The van der Waals surface area contributed by atoms with Gasteiger partial charge in [0.1, 0.15) is 0 Å². The lowest BCUT2D eigenvalue weighted by atomic mass is 9.88. The van der Waals surface area contributed by atoms with E-state index < -0.39 is 23.2 Å². The molecule has 0 unspecified atom stereocenters. The van der Waals surface area contributed by atoms with E-state index in [1.807, 2.05) is 0 Å². The molecule has 19 heavy (non-hydrogen) atoms. The molecule has 4 nitrogen and oxygen atoms in total. The molecular formula is C12H13F3N2O2. The fourth-order valence-corrected chi connectivity index (χ4v) is 2.05. The average Bonchev–Trinajstić information content (AvgIpc) is 2.24. The highest BCUT2D eigenvalue weighted by molar-refractivity contribution is 5.70. The van der Waals surface area contributed by atoms with Crippen molar-refractivity contribution in [3.05, 3.63) is 29.8 Å². The lowest BCUT2D eigenvalue weighted by Gasteiger charge is -2.43. The van der Waals surface area contributed by atoms with Gasteiger partial charge in [-0.1, -0.05) is 6.07 Å². The van der Waals surface area contributed by atoms with Gasteiger partial charge in [-0.2, -0.15) is 13.2 Å². The van der Waals surface area contributed by atoms with Gasteiger partial charge in [0, 0.05) is 18.8 Å². The molecule has 0 bridgehead atoms. The molecule has 1 aliphatic heterocycles. The minimum absolute atomic E-state index is 0.143. The first-order valence-electron chi connectivity index (χ1n) is 5.69. The van der Waals surface area contributed by atoms with Crippen molar-refractivity contribution >= 4 is 11.7 Å². The molecule has 1 saturated heterocycles. The molecule has 0 spiro atoms. The van der Waals surface area contributed by atoms with Crippen molar-refractivity contribution in [3.8, 4) is 0 Å². The fraction of sp³-hybridized carbons (Fsp3) is 0.417. The minimum Gasteiger partial charge on any atom is -0.481 e. The van der Waals surface area contributed by atoms with Gasteiger partial charge in [-0.25, -0.2) is 0 Å². The number of halogens is 3. The second-order valence-corrected chi connectivity index (χ2v) is 4.66. The molecular weight excluding hydrogens is 261 g/mol. The third-order valence-corrected chi connectivity index (χ3v) is 3.02. The molecule has 104 valence electrons. The Morgan fingerprint density at radius 3 is 2.58 bits per heavy atom. The average molecular weight is 274 g/mol. The van der Waals surface area contributed by atoms with Gasteiger partial charge in [-0.3, -0.25) is 4.79 Å². The van der Waals surface area contributed by atoms with Gasteiger partial charge in [0.15, 0.2) is 0 Å². The van der Waals surface area contributed by atoms with Crippen LogP contribution in [0.2, 0.25) is 0 Å². The van der Waals surface area contributed by atoms with E-state index in [1.165, 1.54) is 12.1 Å². The van der Waals surface area contributed by atoms with Crippen LogP contribution in [0.1, 0.15) is 12.0 Å². The fourth-order valence-electron chi connectivity index (χ4n) is 2.05. The Hall–Kier alpha value is -1.76. The van der Waals surface area contributed by atoms with Gasteiger partial charge in [0.2, 0.25) is 0 Å². The van der Waals surface area contributed by atoms with Crippen molar-refractivity contribution in [1.82, 2.24) is 5.32 Å². The number of carboxylic acid groups (broad SMARTS) is 1. The van der Waals surface area contributed by atoms with Gasteiger partial charge in [-0.15, -0.1) is 0 Å². The summed E-state index contributed by atoms with van der Waals surface area (Å²) in [5, 5.41) is 14.6. The first-order valence-corrected chi connectivity index (χ1v) is 5.69. The number of nitrogens with one attached hydrogen (secondary N) is 2. The topological polar surface area (TPSA) is 61.4 Å². The van der Waals surface area contributed by atoms with Crippen LogP contribution in [-0.2, 0) is 11.0 Å². The summed E-state index contributed by atoms with van der Waals surface area (Å²) in [6.07, 6.45) is -4.55. The summed E-state index contributed by atoms with van der Waals surface area (Å²) in [6, 6.07) is 4.76. The van der Waals surface area contributed by atoms with E-state index in [2.05, 4.69) is 10.6 Å².